The van der Waals surface area contributed by atoms with Crippen molar-refractivity contribution in [1.29, 1.82) is 0 Å². The van der Waals surface area contributed by atoms with Crippen LogP contribution in [0.4, 0.5) is 5.69 Å². The van der Waals surface area contributed by atoms with Crippen molar-refractivity contribution in [2.75, 3.05) is 5.32 Å². The van der Waals surface area contributed by atoms with Gasteiger partial charge in [-0.3, -0.25) is 4.79 Å². The molecule has 0 aliphatic carbocycles. The monoisotopic (exact) mass is 383 g/mol. The first-order valence-electron chi connectivity index (χ1n) is 9.36. The van der Waals surface area contributed by atoms with Gasteiger partial charge >= 0.3 is 0 Å². The number of aromatic amines is 1. The number of aromatic nitrogens is 2. The smallest absolute Gasteiger partial charge is 0.255 e. The maximum Gasteiger partial charge on any atom is 0.255 e. The van der Waals surface area contributed by atoms with Crippen molar-refractivity contribution in [3.63, 3.8) is 0 Å². The summed E-state index contributed by atoms with van der Waals surface area (Å²) in [6, 6.07) is 22.7. The molecule has 0 unspecified atom stereocenters. The molecule has 144 valence electrons. The number of H-pyrrole nitrogens is 1. The molecule has 1 amide bonds. The molecule has 1 aromatic heterocycles. The average Bonchev–Trinajstić information content (AvgIpc) is 3.25. The number of amides is 1. The normalized spacial score (nSPS) is 10.7. The van der Waals surface area contributed by atoms with Crippen LogP contribution in [0.15, 0.2) is 79.0 Å². The predicted octanol–water partition coefficient (Wildman–Crippen LogP) is 4.80. The minimum atomic E-state index is -0.189. The zero-order valence-electron chi connectivity index (χ0n) is 16.0. The summed E-state index contributed by atoms with van der Waals surface area (Å²) in [5, 5.41) is 12.0. The molecule has 29 heavy (non-hydrogen) atoms. The molecule has 0 radical (unpaired) electrons. The molecule has 1 heterocycles. The molecule has 0 saturated heterocycles. The summed E-state index contributed by atoms with van der Waals surface area (Å²) in [5.74, 6) is 0.633. The second-order valence-corrected chi connectivity index (χ2v) is 6.90. The number of imidazole rings is 1. The van der Waals surface area contributed by atoms with E-state index in [1.165, 1.54) is 5.56 Å². The number of aliphatic hydroxyl groups is 1. The maximum atomic E-state index is 12.4. The predicted molar refractivity (Wildman–Crippen MR) is 115 cm³/mol. The van der Waals surface area contributed by atoms with E-state index < -0.39 is 0 Å². The van der Waals surface area contributed by atoms with Gasteiger partial charge in [0.25, 0.3) is 5.91 Å². The molecule has 0 fully saturated rings. The van der Waals surface area contributed by atoms with E-state index in [-0.39, 0.29) is 12.5 Å². The number of aryl methyl sites for hydroxylation is 1. The van der Waals surface area contributed by atoms with E-state index in [9.17, 15) is 4.79 Å². The number of hydrogen-bond donors (Lipinski definition) is 3. The zero-order chi connectivity index (χ0) is 20.2. The molecule has 0 spiro atoms. The van der Waals surface area contributed by atoms with Crippen molar-refractivity contribution < 1.29 is 9.90 Å². The average molecular weight is 383 g/mol. The van der Waals surface area contributed by atoms with Gasteiger partial charge in [-0.25, -0.2) is 4.98 Å². The number of nitrogens with zero attached hydrogens (tertiary/aromatic N) is 1. The Labute approximate surface area is 169 Å². The highest BCUT2D eigenvalue weighted by molar-refractivity contribution is 6.04. The zero-order valence-corrected chi connectivity index (χ0v) is 16.0. The molecule has 0 aliphatic heterocycles. The van der Waals surface area contributed by atoms with Crippen LogP contribution in [0.25, 0.3) is 22.6 Å². The molecule has 0 bridgehead atoms. The lowest BCUT2D eigenvalue weighted by atomic mass is 10.1. The first-order chi connectivity index (χ1) is 14.1. The second-order valence-electron chi connectivity index (χ2n) is 6.90. The van der Waals surface area contributed by atoms with E-state index in [1.807, 2.05) is 42.6 Å². The van der Waals surface area contributed by atoms with Gasteiger partial charge in [-0.05, 0) is 42.3 Å². The van der Waals surface area contributed by atoms with E-state index in [2.05, 4.69) is 34.3 Å². The van der Waals surface area contributed by atoms with Crippen molar-refractivity contribution in [1.82, 2.24) is 9.97 Å². The van der Waals surface area contributed by atoms with Gasteiger partial charge in [0, 0.05) is 16.8 Å². The minimum Gasteiger partial charge on any atom is -0.392 e. The molecule has 0 aliphatic rings. The second kappa shape index (κ2) is 8.12. The number of carbonyl (C=O) groups excluding carboxylic acids is 1. The van der Waals surface area contributed by atoms with E-state index in [4.69, 9.17) is 5.11 Å². The van der Waals surface area contributed by atoms with E-state index in [0.29, 0.717) is 11.3 Å². The van der Waals surface area contributed by atoms with Crippen LogP contribution in [-0.2, 0) is 6.61 Å². The molecule has 4 aromatic rings. The third-order valence-electron chi connectivity index (χ3n) is 4.75. The Kier molecular flexibility index (Phi) is 5.22. The Hall–Kier alpha value is -3.70. The van der Waals surface area contributed by atoms with Crippen LogP contribution in [0.3, 0.4) is 0 Å². The number of anilines is 1. The molecule has 5 nitrogen and oxygen atoms in total. The van der Waals surface area contributed by atoms with Crippen LogP contribution in [-0.4, -0.2) is 21.0 Å². The summed E-state index contributed by atoms with van der Waals surface area (Å²) in [6.45, 7) is 2.02. The van der Waals surface area contributed by atoms with E-state index >= 15 is 0 Å². The molecule has 4 rings (SSSR count). The third-order valence-corrected chi connectivity index (χ3v) is 4.75. The Balaban J connectivity index is 1.46. The van der Waals surface area contributed by atoms with Gasteiger partial charge in [0.1, 0.15) is 5.82 Å². The Morgan fingerprint density at radius 2 is 1.59 bits per heavy atom. The largest absolute Gasteiger partial charge is 0.392 e. The first-order valence-corrected chi connectivity index (χ1v) is 9.36. The van der Waals surface area contributed by atoms with Crippen LogP contribution in [0, 0.1) is 6.92 Å². The van der Waals surface area contributed by atoms with Crippen LogP contribution >= 0.6 is 0 Å². The van der Waals surface area contributed by atoms with Gasteiger partial charge in [-0.15, -0.1) is 0 Å². The fourth-order valence-electron chi connectivity index (χ4n) is 3.02. The van der Waals surface area contributed by atoms with Gasteiger partial charge in [0.05, 0.1) is 18.5 Å². The Bertz CT molecular complexity index is 1110. The summed E-state index contributed by atoms with van der Waals surface area (Å²) < 4.78 is 0. The number of carbonyl (C=O) groups is 1. The summed E-state index contributed by atoms with van der Waals surface area (Å²) >= 11 is 0. The summed E-state index contributed by atoms with van der Waals surface area (Å²) in [4.78, 5) is 20.2. The molecular weight excluding hydrogens is 362 g/mol. The number of hydrogen-bond acceptors (Lipinski definition) is 3. The molecule has 0 saturated carbocycles. The van der Waals surface area contributed by atoms with Crippen molar-refractivity contribution in [3.05, 3.63) is 95.7 Å². The summed E-state index contributed by atoms with van der Waals surface area (Å²) in [5.41, 5.74) is 6.18. The first kappa shape index (κ1) is 18.7. The van der Waals surface area contributed by atoms with E-state index in [0.717, 1.165) is 28.2 Å². The van der Waals surface area contributed by atoms with Crippen LogP contribution in [0.5, 0.6) is 0 Å². The van der Waals surface area contributed by atoms with E-state index in [1.54, 1.807) is 24.3 Å². The topological polar surface area (TPSA) is 78.0 Å². The fourth-order valence-corrected chi connectivity index (χ4v) is 3.02. The van der Waals surface area contributed by atoms with Gasteiger partial charge in [0.15, 0.2) is 0 Å². The van der Waals surface area contributed by atoms with Crippen LogP contribution < -0.4 is 5.32 Å². The van der Waals surface area contributed by atoms with Crippen molar-refractivity contribution in [3.8, 4) is 22.6 Å². The maximum absolute atomic E-state index is 12.4. The Morgan fingerprint density at radius 1 is 0.931 bits per heavy atom. The summed E-state index contributed by atoms with van der Waals surface area (Å²) in [6.07, 6.45) is 1.81. The van der Waals surface area contributed by atoms with Gasteiger partial charge in [-0.1, -0.05) is 54.1 Å². The number of rotatable bonds is 5. The standard InChI is InChI=1S/C24H21N3O2/c1-16-2-6-19(7-3-16)23-25-14-22(27-23)18-10-12-21(13-11-18)26-24(29)20-8-4-17(15-28)5-9-20/h2-14,28H,15H2,1H3,(H,25,27)(H,26,29). The number of aliphatic hydroxyl groups excluding tert-OH is 1. The van der Waals surface area contributed by atoms with Crippen molar-refractivity contribution in [2.24, 2.45) is 0 Å². The SMILES string of the molecule is Cc1ccc(-c2ncc(-c3ccc(NC(=O)c4ccc(CO)cc4)cc3)[nH]2)cc1. The third kappa shape index (κ3) is 4.25. The van der Waals surface area contributed by atoms with Gasteiger partial charge in [0.2, 0.25) is 0 Å². The molecule has 5 heteroatoms. The highest BCUT2D eigenvalue weighted by Gasteiger charge is 2.08. The molecule has 3 aromatic carbocycles. The van der Waals surface area contributed by atoms with Crippen molar-refractivity contribution in [2.45, 2.75) is 13.5 Å². The van der Waals surface area contributed by atoms with Gasteiger partial charge < -0.3 is 15.4 Å². The lowest BCUT2D eigenvalue weighted by Crippen LogP contribution is -2.11. The highest BCUT2D eigenvalue weighted by Crippen LogP contribution is 2.24. The lowest BCUT2D eigenvalue weighted by Gasteiger charge is -2.07. The minimum absolute atomic E-state index is 0.0391. The molecule has 3 N–H and O–H groups in total. The molecular formula is C24H21N3O2. The lowest BCUT2D eigenvalue weighted by molar-refractivity contribution is 0.102. The quantitative estimate of drug-likeness (QED) is 0.463. The fraction of sp³-hybridized carbons (Fsp3) is 0.0833. The highest BCUT2D eigenvalue weighted by atomic mass is 16.3. The van der Waals surface area contributed by atoms with Crippen LogP contribution in [0.2, 0.25) is 0 Å². The van der Waals surface area contributed by atoms with Gasteiger partial charge in [-0.2, -0.15) is 0 Å². The Morgan fingerprint density at radius 3 is 2.24 bits per heavy atom. The summed E-state index contributed by atoms with van der Waals surface area (Å²) in [7, 11) is 0. The molecule has 0 atom stereocenters. The van der Waals surface area contributed by atoms with Crippen LogP contribution in [0.1, 0.15) is 21.5 Å². The number of nitrogens with one attached hydrogen (secondary N) is 2. The van der Waals surface area contributed by atoms with Crippen molar-refractivity contribution >= 4 is 11.6 Å². The number of benzene rings is 3.